The van der Waals surface area contributed by atoms with Crippen LogP contribution in [-0.2, 0) is 4.87 Å². The quantitative estimate of drug-likeness (QED) is 0.762. The number of H-pyrrole nitrogens is 1. The second-order valence-electron chi connectivity index (χ2n) is 4.65. The summed E-state index contributed by atoms with van der Waals surface area (Å²) in [6.45, 7) is 0. The predicted octanol–water partition coefficient (Wildman–Crippen LogP) is 3.01. The van der Waals surface area contributed by atoms with E-state index in [1.54, 1.807) is 24.3 Å². The van der Waals surface area contributed by atoms with Gasteiger partial charge in [0.2, 0.25) is 0 Å². The highest BCUT2D eigenvalue weighted by molar-refractivity contribution is 6.26. The number of aliphatic hydroxyl groups is 2. The van der Waals surface area contributed by atoms with Crippen molar-refractivity contribution >= 4 is 11.6 Å². The molecular weight excluding hydrogens is 292 g/mol. The molecule has 3 N–H and O–H groups in total. The molecule has 1 aliphatic carbocycles. The molecule has 0 amide bonds. The van der Waals surface area contributed by atoms with Crippen LogP contribution >= 0.6 is 11.6 Å². The van der Waals surface area contributed by atoms with E-state index in [-0.39, 0.29) is 5.76 Å². The van der Waals surface area contributed by atoms with E-state index in [0.717, 1.165) is 0 Å². The number of para-hydroxylation sites is 1. The summed E-state index contributed by atoms with van der Waals surface area (Å²) < 4.78 is 5.73. The van der Waals surface area contributed by atoms with Gasteiger partial charge in [0.05, 0.1) is 6.20 Å². The Morgan fingerprint density at radius 1 is 1.29 bits per heavy atom. The largest absolute Gasteiger partial charge is 0.509 e. The summed E-state index contributed by atoms with van der Waals surface area (Å²) in [5.74, 6) is 0.789. The molecule has 2 atom stereocenters. The van der Waals surface area contributed by atoms with Crippen LogP contribution < -0.4 is 4.74 Å². The lowest BCUT2D eigenvalue weighted by molar-refractivity contribution is 0.122. The predicted molar refractivity (Wildman–Crippen MR) is 78.5 cm³/mol. The zero-order valence-electron chi connectivity index (χ0n) is 10.9. The van der Waals surface area contributed by atoms with E-state index in [4.69, 9.17) is 16.3 Å². The number of benzene rings is 1. The zero-order valence-corrected chi connectivity index (χ0v) is 11.7. The Bertz CT molecular complexity index is 696. The Hall–Kier alpha value is -2.24. The number of nitrogens with one attached hydrogen (secondary N) is 1. The topological polar surface area (TPSA) is 78.4 Å². The molecule has 1 aromatic carbocycles. The first-order chi connectivity index (χ1) is 10.1. The van der Waals surface area contributed by atoms with Gasteiger partial charge in [-0.25, -0.2) is 0 Å². The van der Waals surface area contributed by atoms with Gasteiger partial charge in [-0.2, -0.15) is 5.10 Å². The standard InChI is InChI=1S/C15H13ClN2O3/c16-15(8-4-7-11(19)14(15)20)13-12(9-17-18-13)21-10-5-2-1-3-6-10/h1-9,14,19-20H,(H,17,18). The molecule has 2 aromatic rings. The first kappa shape index (κ1) is 13.7. The fraction of sp³-hybridized carbons (Fsp3) is 0.133. The van der Waals surface area contributed by atoms with E-state index >= 15 is 0 Å². The minimum Gasteiger partial charge on any atom is -0.509 e. The van der Waals surface area contributed by atoms with Crippen molar-refractivity contribution in [2.45, 2.75) is 11.0 Å². The number of halogens is 1. The van der Waals surface area contributed by atoms with Gasteiger partial charge in [-0.1, -0.05) is 30.4 Å². The van der Waals surface area contributed by atoms with Crippen molar-refractivity contribution < 1.29 is 14.9 Å². The molecule has 1 heterocycles. The summed E-state index contributed by atoms with van der Waals surface area (Å²) in [5.41, 5.74) is 0.372. The normalized spacial score (nSPS) is 24.7. The lowest BCUT2D eigenvalue weighted by atomic mass is 9.91. The average molecular weight is 305 g/mol. The molecule has 0 radical (unpaired) electrons. The SMILES string of the molecule is OC1=CC=CC(Cl)(c2[nH]ncc2Oc2ccccc2)C1O. The van der Waals surface area contributed by atoms with Gasteiger partial charge in [-0.3, -0.25) is 5.10 Å². The first-order valence-corrected chi connectivity index (χ1v) is 6.71. The molecular formula is C15H13ClN2O3. The number of ether oxygens (including phenoxy) is 1. The third-order valence-corrected chi connectivity index (χ3v) is 3.76. The lowest BCUT2D eigenvalue weighted by Gasteiger charge is -2.30. The van der Waals surface area contributed by atoms with Crippen LogP contribution in [-0.4, -0.2) is 26.5 Å². The van der Waals surface area contributed by atoms with Crippen LogP contribution in [0, 0.1) is 0 Å². The van der Waals surface area contributed by atoms with Crippen LogP contribution in [0.4, 0.5) is 0 Å². The summed E-state index contributed by atoms with van der Waals surface area (Å²) in [4.78, 5) is -1.36. The third-order valence-electron chi connectivity index (χ3n) is 3.24. The molecule has 2 unspecified atom stereocenters. The van der Waals surface area contributed by atoms with Gasteiger partial charge in [-0.15, -0.1) is 11.6 Å². The van der Waals surface area contributed by atoms with E-state index in [1.807, 2.05) is 18.2 Å². The van der Waals surface area contributed by atoms with Crippen molar-refractivity contribution in [1.82, 2.24) is 10.2 Å². The van der Waals surface area contributed by atoms with Gasteiger partial charge in [-0.05, 0) is 18.2 Å². The molecule has 1 aromatic heterocycles. The van der Waals surface area contributed by atoms with Crippen molar-refractivity contribution in [2.75, 3.05) is 0 Å². The number of aromatic nitrogens is 2. The molecule has 0 fully saturated rings. The van der Waals surface area contributed by atoms with Crippen molar-refractivity contribution in [3.8, 4) is 11.5 Å². The molecule has 1 aliphatic rings. The molecule has 3 rings (SSSR count). The molecule has 0 bridgehead atoms. The highest BCUT2D eigenvalue weighted by Gasteiger charge is 2.43. The maximum Gasteiger partial charge on any atom is 0.170 e. The number of hydrogen-bond donors (Lipinski definition) is 3. The van der Waals surface area contributed by atoms with Gasteiger partial charge in [0.1, 0.15) is 28.2 Å². The van der Waals surface area contributed by atoms with Crippen LogP contribution in [0.1, 0.15) is 5.69 Å². The highest BCUT2D eigenvalue weighted by atomic mass is 35.5. The summed E-state index contributed by atoms with van der Waals surface area (Å²) >= 11 is 6.47. The number of aliphatic hydroxyl groups excluding tert-OH is 2. The summed E-state index contributed by atoms with van der Waals surface area (Å²) in [6.07, 6.45) is 4.72. The van der Waals surface area contributed by atoms with E-state index in [2.05, 4.69) is 10.2 Å². The Labute approximate surface area is 126 Å². The Morgan fingerprint density at radius 3 is 2.81 bits per heavy atom. The lowest BCUT2D eigenvalue weighted by Crippen LogP contribution is -2.36. The van der Waals surface area contributed by atoms with Gasteiger partial charge in [0.25, 0.3) is 0 Å². The number of rotatable bonds is 3. The van der Waals surface area contributed by atoms with Gasteiger partial charge >= 0.3 is 0 Å². The first-order valence-electron chi connectivity index (χ1n) is 6.33. The van der Waals surface area contributed by atoms with Gasteiger partial charge in [0.15, 0.2) is 5.75 Å². The smallest absolute Gasteiger partial charge is 0.170 e. The minimum absolute atomic E-state index is 0.215. The summed E-state index contributed by atoms with van der Waals surface area (Å²) in [5, 5.41) is 26.5. The minimum atomic E-state index is -1.36. The van der Waals surface area contributed by atoms with Gasteiger partial charge < -0.3 is 14.9 Å². The van der Waals surface area contributed by atoms with Crippen molar-refractivity contribution in [3.63, 3.8) is 0 Å². The second-order valence-corrected chi connectivity index (χ2v) is 5.27. The van der Waals surface area contributed by atoms with Crippen LogP contribution in [0.15, 0.2) is 60.5 Å². The number of allylic oxidation sites excluding steroid dienone is 2. The Balaban J connectivity index is 1.96. The fourth-order valence-electron chi connectivity index (χ4n) is 2.15. The number of aromatic amines is 1. The van der Waals surface area contributed by atoms with Crippen molar-refractivity contribution in [1.29, 1.82) is 0 Å². The Kier molecular flexibility index (Phi) is 3.45. The fourth-order valence-corrected chi connectivity index (χ4v) is 2.47. The molecule has 108 valence electrons. The van der Waals surface area contributed by atoms with Crippen LogP contribution in [0.25, 0.3) is 0 Å². The number of nitrogens with zero attached hydrogens (tertiary/aromatic N) is 1. The molecule has 5 nitrogen and oxygen atoms in total. The molecule has 21 heavy (non-hydrogen) atoms. The van der Waals surface area contributed by atoms with Crippen LogP contribution in [0.3, 0.4) is 0 Å². The summed E-state index contributed by atoms with van der Waals surface area (Å²) in [6, 6.07) is 9.15. The average Bonchev–Trinajstić information content (AvgIpc) is 2.95. The third kappa shape index (κ3) is 2.41. The molecule has 0 aliphatic heterocycles. The van der Waals surface area contributed by atoms with E-state index < -0.39 is 11.0 Å². The van der Waals surface area contributed by atoms with E-state index in [0.29, 0.717) is 17.2 Å². The molecule has 0 saturated carbocycles. The molecule has 6 heteroatoms. The van der Waals surface area contributed by atoms with E-state index in [1.165, 1.54) is 12.3 Å². The van der Waals surface area contributed by atoms with Crippen molar-refractivity contribution in [2.24, 2.45) is 0 Å². The number of alkyl halides is 1. The van der Waals surface area contributed by atoms with Crippen LogP contribution in [0.2, 0.25) is 0 Å². The number of hydrogen-bond acceptors (Lipinski definition) is 4. The highest BCUT2D eigenvalue weighted by Crippen LogP contribution is 2.43. The maximum atomic E-state index is 10.2. The Morgan fingerprint density at radius 2 is 2.05 bits per heavy atom. The van der Waals surface area contributed by atoms with Crippen molar-refractivity contribution in [3.05, 3.63) is 66.2 Å². The van der Waals surface area contributed by atoms with Gasteiger partial charge in [0, 0.05) is 0 Å². The summed E-state index contributed by atoms with van der Waals surface area (Å²) in [7, 11) is 0. The molecule has 0 saturated heterocycles. The van der Waals surface area contributed by atoms with Crippen LogP contribution in [0.5, 0.6) is 11.5 Å². The monoisotopic (exact) mass is 304 g/mol. The molecule has 0 spiro atoms. The maximum absolute atomic E-state index is 10.2. The zero-order chi connectivity index (χ0) is 14.9. The second kappa shape index (κ2) is 5.27. The van der Waals surface area contributed by atoms with E-state index in [9.17, 15) is 10.2 Å².